The number of aliphatic hydroxyl groups excluding tert-OH is 2. The van der Waals surface area contributed by atoms with Gasteiger partial charge in [-0.3, -0.25) is 19.7 Å². The number of rotatable bonds is 19. The van der Waals surface area contributed by atoms with Gasteiger partial charge in [0.25, 0.3) is 0 Å². The predicted molar refractivity (Wildman–Crippen MR) is 281 cm³/mol. The lowest BCUT2D eigenvalue weighted by Crippen LogP contribution is -2.50. The van der Waals surface area contributed by atoms with Gasteiger partial charge < -0.3 is 39.1 Å². The Morgan fingerprint density at radius 2 is 1.37 bits per heavy atom. The largest absolute Gasteiger partial charge is 0.391 e. The van der Waals surface area contributed by atoms with E-state index in [4.69, 9.17) is 13.8 Å². The molecule has 7 unspecified atom stereocenters. The number of likely N-dealkylation sites (tertiary alicyclic amines) is 2. The van der Waals surface area contributed by atoms with Crippen LogP contribution in [0.2, 0.25) is 0 Å². The number of ether oxygens (including phenoxy) is 1. The van der Waals surface area contributed by atoms with E-state index in [1.165, 1.54) is 4.90 Å². The first kappa shape index (κ1) is 53.7. The van der Waals surface area contributed by atoms with Gasteiger partial charge in [-0.05, 0) is 54.9 Å². The maximum Gasteiger partial charge on any atom is 0.243 e. The third-order valence-corrected chi connectivity index (χ3v) is 16.2. The summed E-state index contributed by atoms with van der Waals surface area (Å²) in [7, 11) is 0. The molecule has 7 atom stereocenters. The van der Waals surface area contributed by atoms with Crippen molar-refractivity contribution < 1.29 is 38.4 Å². The number of thiazole rings is 2. The molecule has 2 saturated heterocycles. The number of nitrogens with zero attached hydrogens (tertiary/aromatic N) is 6. The smallest absolute Gasteiger partial charge is 0.243 e. The minimum absolute atomic E-state index is 0.0196. The molecule has 2 aliphatic heterocycles. The topological polar surface area (TPSA) is 209 Å². The van der Waals surface area contributed by atoms with Crippen molar-refractivity contribution in [3.8, 4) is 20.9 Å². The Hall–Kier alpha value is -5.63. The standard InChI is InChI=1S/C55H70N8O8S2/c1-11-40(43-22-45(60-70-43)54(6,7)8)52(67)63-27-39(21-42(63)51(66)57-25-35-14-18-37(19-15-35)49-33(5)59-30-73-49)69-28-55(9,10)46-23-44(71-61-46)47(31(2)3)53(68)62-26-38(64)20-41(62)50(65)56-24-34-12-16-36(17-13-34)48-32(4)58-29-72-48/h12-19,22-23,29-31,38-42,47,51,57,64,66H,11,20-21,24-28H2,1-10H3,(H,56,65). The van der Waals surface area contributed by atoms with Gasteiger partial charge in [0, 0.05) is 55.6 Å². The van der Waals surface area contributed by atoms with Crippen molar-refractivity contribution in [1.29, 1.82) is 0 Å². The van der Waals surface area contributed by atoms with E-state index in [2.05, 4.69) is 43.0 Å². The summed E-state index contributed by atoms with van der Waals surface area (Å²) in [5.41, 5.74) is 9.98. The highest BCUT2D eigenvalue weighted by molar-refractivity contribution is 7.13. The molecule has 6 heterocycles. The van der Waals surface area contributed by atoms with Gasteiger partial charge in [-0.1, -0.05) is 114 Å². The Bertz CT molecular complexity index is 2830. The number of β-amino-alcohol motifs (C(OH)–C–C–N with tert-alkyl or cyclic N) is 1. The molecule has 0 aliphatic carbocycles. The van der Waals surface area contributed by atoms with Crippen molar-refractivity contribution in [3.05, 3.63) is 117 Å². The van der Waals surface area contributed by atoms with E-state index in [0.717, 1.165) is 49.1 Å². The van der Waals surface area contributed by atoms with Gasteiger partial charge in [0.1, 0.15) is 29.7 Å². The molecule has 0 spiro atoms. The maximum absolute atomic E-state index is 14.6. The molecule has 8 rings (SSSR count). The number of carbonyl (C=O) groups excluding carboxylic acids is 3. The van der Waals surface area contributed by atoms with Crippen molar-refractivity contribution in [2.24, 2.45) is 5.92 Å². The molecule has 390 valence electrons. The lowest BCUT2D eigenvalue weighted by molar-refractivity contribution is -0.141. The zero-order chi connectivity index (χ0) is 52.4. The molecule has 2 aliphatic rings. The zero-order valence-electron chi connectivity index (χ0n) is 43.5. The summed E-state index contributed by atoms with van der Waals surface area (Å²) in [5.74, 6) is -1.62. The summed E-state index contributed by atoms with van der Waals surface area (Å²) < 4.78 is 18.4. The van der Waals surface area contributed by atoms with Gasteiger partial charge in [-0.25, -0.2) is 9.97 Å². The van der Waals surface area contributed by atoms with Crippen molar-refractivity contribution in [1.82, 2.24) is 40.7 Å². The van der Waals surface area contributed by atoms with Crippen molar-refractivity contribution in [2.75, 3.05) is 19.7 Å². The van der Waals surface area contributed by atoms with Crippen LogP contribution in [0.25, 0.3) is 20.9 Å². The second kappa shape index (κ2) is 22.5. The van der Waals surface area contributed by atoms with E-state index >= 15 is 0 Å². The van der Waals surface area contributed by atoms with Crippen LogP contribution in [0.15, 0.2) is 80.7 Å². The number of aryl methyl sites for hydroxylation is 2. The van der Waals surface area contributed by atoms with Gasteiger partial charge in [0.05, 0.1) is 74.3 Å². The molecule has 16 nitrogen and oxygen atoms in total. The number of amides is 3. The number of aromatic nitrogens is 4. The predicted octanol–water partition coefficient (Wildman–Crippen LogP) is 8.41. The van der Waals surface area contributed by atoms with Gasteiger partial charge in [-0.15, -0.1) is 22.7 Å². The monoisotopic (exact) mass is 1030 g/mol. The number of aliphatic hydroxyl groups is 2. The summed E-state index contributed by atoms with van der Waals surface area (Å²) in [6, 6.07) is 18.3. The average molecular weight is 1040 g/mol. The van der Waals surface area contributed by atoms with Crippen LogP contribution in [0.4, 0.5) is 0 Å². The van der Waals surface area contributed by atoms with Crippen molar-refractivity contribution in [3.63, 3.8) is 0 Å². The van der Waals surface area contributed by atoms with Gasteiger partial charge in [0.15, 0.2) is 0 Å². The highest BCUT2D eigenvalue weighted by Crippen LogP contribution is 2.37. The lowest BCUT2D eigenvalue weighted by atomic mass is 9.87. The molecule has 0 saturated carbocycles. The Balaban J connectivity index is 0.927. The van der Waals surface area contributed by atoms with Crippen molar-refractivity contribution in [2.45, 2.75) is 155 Å². The third kappa shape index (κ3) is 12.2. The van der Waals surface area contributed by atoms with Gasteiger partial charge in [-0.2, -0.15) is 0 Å². The molecule has 18 heteroatoms. The van der Waals surface area contributed by atoms with E-state index in [9.17, 15) is 24.6 Å². The number of hydrogen-bond acceptors (Lipinski definition) is 15. The average Bonchev–Trinajstić information content (AvgIpc) is 4.23. The minimum Gasteiger partial charge on any atom is -0.391 e. The molecule has 4 N–H and O–H groups in total. The van der Waals surface area contributed by atoms with E-state index < -0.39 is 47.8 Å². The number of carbonyl (C=O) groups is 3. The number of hydrogen-bond donors (Lipinski definition) is 4. The maximum atomic E-state index is 14.6. The van der Waals surface area contributed by atoms with Crippen molar-refractivity contribution >= 4 is 40.4 Å². The fourth-order valence-corrected chi connectivity index (χ4v) is 11.4. The third-order valence-electron chi connectivity index (χ3n) is 14.2. The quantitative estimate of drug-likeness (QED) is 0.0563. The molecule has 3 amide bonds. The number of nitrogens with one attached hydrogen (secondary N) is 2. The number of benzene rings is 2. The SMILES string of the molecule is CCC(C(=O)N1CC(OCC(C)(C)c2cc(C(C(=O)N3CC(O)CC3C(=O)NCc3ccc(-c4scnc4C)cc3)C(C)C)on2)CC1C(O)NCc1ccc(-c2scnc2C)cc1)c1cc(C(C)(C)C)no1. The lowest BCUT2D eigenvalue weighted by Gasteiger charge is -2.31. The van der Waals surface area contributed by atoms with Crippen LogP contribution in [-0.4, -0.2) is 108 Å². The molecular formula is C55H70N8O8S2. The Labute approximate surface area is 435 Å². The van der Waals surface area contributed by atoms with Crippen LogP contribution in [0.3, 0.4) is 0 Å². The Morgan fingerprint density at radius 3 is 1.92 bits per heavy atom. The van der Waals surface area contributed by atoms with E-state index in [1.807, 2.05) is 123 Å². The Morgan fingerprint density at radius 1 is 0.795 bits per heavy atom. The van der Waals surface area contributed by atoms with E-state index in [1.54, 1.807) is 33.6 Å². The first-order chi connectivity index (χ1) is 34.7. The van der Waals surface area contributed by atoms with E-state index in [0.29, 0.717) is 36.6 Å². The summed E-state index contributed by atoms with van der Waals surface area (Å²) in [6.07, 6.45) is -1.41. The minimum atomic E-state index is -1.08. The summed E-state index contributed by atoms with van der Waals surface area (Å²) in [5, 5.41) is 37.7. The molecule has 2 aromatic carbocycles. The first-order valence-electron chi connectivity index (χ1n) is 25.2. The molecule has 2 fully saturated rings. The Kier molecular flexibility index (Phi) is 16.5. The summed E-state index contributed by atoms with van der Waals surface area (Å²) >= 11 is 3.18. The fraction of sp³-hybridized carbons (Fsp3) is 0.509. The van der Waals surface area contributed by atoms with Crippen LogP contribution < -0.4 is 10.6 Å². The normalized spacial score (nSPS) is 19.7. The fourth-order valence-electron chi connectivity index (χ4n) is 9.75. The second-order valence-corrected chi connectivity index (χ2v) is 23.3. The highest BCUT2D eigenvalue weighted by atomic mass is 32.1. The van der Waals surface area contributed by atoms with E-state index in [-0.39, 0.29) is 61.7 Å². The molecule has 73 heavy (non-hydrogen) atoms. The zero-order valence-corrected chi connectivity index (χ0v) is 45.2. The highest BCUT2D eigenvalue weighted by Gasteiger charge is 2.45. The first-order valence-corrected chi connectivity index (χ1v) is 27.0. The molecule has 0 bridgehead atoms. The molecule has 6 aromatic rings. The van der Waals surface area contributed by atoms with Crippen LogP contribution in [-0.2, 0) is 43.0 Å². The van der Waals surface area contributed by atoms with Crippen LogP contribution in [0, 0.1) is 19.8 Å². The van der Waals surface area contributed by atoms with Crippen LogP contribution >= 0.6 is 22.7 Å². The molecular weight excluding hydrogens is 965 g/mol. The summed E-state index contributed by atoms with van der Waals surface area (Å²) in [4.78, 5) is 56.9. The van der Waals surface area contributed by atoms with Gasteiger partial charge >= 0.3 is 0 Å². The summed E-state index contributed by atoms with van der Waals surface area (Å²) in [6.45, 7) is 20.9. The molecule has 4 aromatic heterocycles. The second-order valence-electron chi connectivity index (χ2n) is 21.6. The van der Waals surface area contributed by atoms with Gasteiger partial charge in [0.2, 0.25) is 17.7 Å². The van der Waals surface area contributed by atoms with Crippen LogP contribution in [0.1, 0.15) is 132 Å². The van der Waals surface area contributed by atoms with Crippen LogP contribution in [0.5, 0.6) is 0 Å². The molecule has 0 radical (unpaired) electrons.